The van der Waals surface area contributed by atoms with Crippen molar-refractivity contribution in [3.63, 3.8) is 0 Å². The first kappa shape index (κ1) is 11.2. The molecule has 0 aromatic heterocycles. The van der Waals surface area contributed by atoms with Crippen molar-refractivity contribution in [1.29, 1.82) is 0 Å². The second kappa shape index (κ2) is 6.85. The average Bonchev–Trinajstić information content (AvgIpc) is 2.00. The Morgan fingerprint density at radius 1 is 1.55 bits per heavy atom. The van der Waals surface area contributed by atoms with Gasteiger partial charge in [-0.25, -0.2) is 0 Å². The first-order valence-corrected chi connectivity index (χ1v) is 5.02. The SMILES string of the molecule is CCNC(=O)C(CS)CCS. The number of rotatable bonds is 5. The van der Waals surface area contributed by atoms with E-state index in [2.05, 4.69) is 30.6 Å². The quantitative estimate of drug-likeness (QED) is 0.558. The van der Waals surface area contributed by atoms with Gasteiger partial charge < -0.3 is 5.32 Å². The maximum Gasteiger partial charge on any atom is 0.223 e. The molecule has 66 valence electrons. The Labute approximate surface area is 79.0 Å². The summed E-state index contributed by atoms with van der Waals surface area (Å²) in [5.74, 6) is 1.46. The second-order valence-electron chi connectivity index (χ2n) is 2.29. The normalized spacial score (nSPS) is 12.6. The van der Waals surface area contributed by atoms with Crippen molar-refractivity contribution in [2.45, 2.75) is 13.3 Å². The largest absolute Gasteiger partial charge is 0.356 e. The maximum atomic E-state index is 11.2. The van der Waals surface area contributed by atoms with E-state index in [1.807, 2.05) is 6.92 Å². The van der Waals surface area contributed by atoms with Gasteiger partial charge >= 0.3 is 0 Å². The molecule has 0 heterocycles. The number of carbonyl (C=O) groups is 1. The van der Waals surface area contributed by atoms with Gasteiger partial charge in [0.05, 0.1) is 0 Å². The third kappa shape index (κ3) is 4.58. The van der Waals surface area contributed by atoms with E-state index in [9.17, 15) is 4.79 Å². The van der Waals surface area contributed by atoms with Crippen LogP contribution in [0.3, 0.4) is 0 Å². The number of amides is 1. The fourth-order valence-electron chi connectivity index (χ4n) is 0.780. The Hall–Kier alpha value is 0.170. The summed E-state index contributed by atoms with van der Waals surface area (Å²) in [5, 5.41) is 2.76. The van der Waals surface area contributed by atoms with Gasteiger partial charge in [0, 0.05) is 18.2 Å². The van der Waals surface area contributed by atoms with Gasteiger partial charge in [-0.1, -0.05) is 0 Å². The van der Waals surface area contributed by atoms with Crippen LogP contribution in [0, 0.1) is 5.92 Å². The molecule has 0 aromatic rings. The molecule has 0 saturated carbocycles. The second-order valence-corrected chi connectivity index (χ2v) is 3.10. The van der Waals surface area contributed by atoms with Crippen LogP contribution in [0.2, 0.25) is 0 Å². The highest BCUT2D eigenvalue weighted by molar-refractivity contribution is 7.80. The lowest BCUT2D eigenvalue weighted by molar-refractivity contribution is -0.124. The minimum Gasteiger partial charge on any atom is -0.356 e. The summed E-state index contributed by atoms with van der Waals surface area (Å²) in [7, 11) is 0. The molecule has 1 N–H and O–H groups in total. The highest BCUT2D eigenvalue weighted by atomic mass is 32.1. The molecule has 4 heteroatoms. The van der Waals surface area contributed by atoms with Gasteiger partial charge in [0.1, 0.15) is 0 Å². The van der Waals surface area contributed by atoms with Crippen molar-refractivity contribution in [3.05, 3.63) is 0 Å². The fourth-order valence-corrected chi connectivity index (χ4v) is 1.44. The van der Waals surface area contributed by atoms with Crippen LogP contribution < -0.4 is 5.32 Å². The predicted molar refractivity (Wildman–Crippen MR) is 54.5 cm³/mol. The Bertz CT molecular complexity index is 119. The predicted octanol–water partition coefficient (Wildman–Crippen LogP) is 0.988. The lowest BCUT2D eigenvalue weighted by Crippen LogP contribution is -2.31. The van der Waals surface area contributed by atoms with Crippen LogP contribution in [0.25, 0.3) is 0 Å². The number of hydrogen-bond acceptors (Lipinski definition) is 3. The molecule has 11 heavy (non-hydrogen) atoms. The van der Waals surface area contributed by atoms with Gasteiger partial charge in [-0.2, -0.15) is 25.3 Å². The number of thiol groups is 2. The van der Waals surface area contributed by atoms with E-state index >= 15 is 0 Å². The summed E-state index contributed by atoms with van der Waals surface area (Å²) in [4.78, 5) is 11.2. The monoisotopic (exact) mass is 193 g/mol. The van der Waals surface area contributed by atoms with Crippen LogP contribution in [0.1, 0.15) is 13.3 Å². The van der Waals surface area contributed by atoms with Crippen molar-refractivity contribution in [2.75, 3.05) is 18.1 Å². The molecular formula is C7H15NOS2. The molecule has 1 unspecified atom stereocenters. The van der Waals surface area contributed by atoms with E-state index in [-0.39, 0.29) is 11.8 Å². The van der Waals surface area contributed by atoms with Crippen molar-refractivity contribution in [2.24, 2.45) is 5.92 Å². The molecule has 0 aliphatic rings. The summed E-state index contributed by atoms with van der Waals surface area (Å²) in [6.07, 6.45) is 0.804. The topological polar surface area (TPSA) is 29.1 Å². The molecule has 0 bridgehead atoms. The Morgan fingerprint density at radius 3 is 2.55 bits per heavy atom. The highest BCUT2D eigenvalue weighted by Crippen LogP contribution is 2.06. The van der Waals surface area contributed by atoms with E-state index in [4.69, 9.17) is 0 Å². The lowest BCUT2D eigenvalue weighted by atomic mass is 10.1. The Kier molecular flexibility index (Phi) is 6.96. The third-order valence-corrected chi connectivity index (χ3v) is 2.12. The van der Waals surface area contributed by atoms with Crippen LogP contribution in [0.4, 0.5) is 0 Å². The Morgan fingerprint density at radius 2 is 2.18 bits per heavy atom. The van der Waals surface area contributed by atoms with Crippen LogP contribution >= 0.6 is 25.3 Å². The highest BCUT2D eigenvalue weighted by Gasteiger charge is 2.13. The van der Waals surface area contributed by atoms with Crippen LogP contribution in [-0.2, 0) is 4.79 Å². The van der Waals surface area contributed by atoms with Gasteiger partial charge in [0.2, 0.25) is 5.91 Å². The molecule has 0 rings (SSSR count). The van der Waals surface area contributed by atoms with Crippen molar-refractivity contribution < 1.29 is 4.79 Å². The molecule has 0 fully saturated rings. The van der Waals surface area contributed by atoms with Crippen LogP contribution in [0.5, 0.6) is 0 Å². The average molecular weight is 193 g/mol. The number of hydrogen-bond donors (Lipinski definition) is 3. The smallest absolute Gasteiger partial charge is 0.223 e. The van der Waals surface area contributed by atoms with Gasteiger partial charge in [-0.3, -0.25) is 4.79 Å². The zero-order valence-electron chi connectivity index (χ0n) is 6.71. The van der Waals surface area contributed by atoms with E-state index in [0.717, 1.165) is 12.2 Å². The molecule has 1 atom stereocenters. The number of carbonyl (C=O) groups excluding carboxylic acids is 1. The standard InChI is InChI=1S/C7H15NOS2/c1-2-8-7(9)6(5-11)3-4-10/h6,10-11H,2-5H2,1H3,(H,8,9). The fraction of sp³-hybridized carbons (Fsp3) is 0.857. The number of nitrogens with one attached hydrogen (secondary N) is 1. The molecule has 2 nitrogen and oxygen atoms in total. The van der Waals surface area contributed by atoms with Gasteiger partial charge in [0.15, 0.2) is 0 Å². The van der Waals surface area contributed by atoms with E-state index < -0.39 is 0 Å². The van der Waals surface area contributed by atoms with Crippen molar-refractivity contribution in [1.82, 2.24) is 5.32 Å². The summed E-state index contributed by atoms with van der Waals surface area (Å²) < 4.78 is 0. The van der Waals surface area contributed by atoms with E-state index in [0.29, 0.717) is 12.3 Å². The van der Waals surface area contributed by atoms with Crippen molar-refractivity contribution in [3.8, 4) is 0 Å². The van der Waals surface area contributed by atoms with E-state index in [1.165, 1.54) is 0 Å². The molecule has 0 aromatic carbocycles. The third-order valence-electron chi connectivity index (χ3n) is 1.42. The molecule has 0 aliphatic heterocycles. The van der Waals surface area contributed by atoms with Crippen LogP contribution in [-0.4, -0.2) is 24.0 Å². The van der Waals surface area contributed by atoms with Crippen LogP contribution in [0.15, 0.2) is 0 Å². The van der Waals surface area contributed by atoms with Gasteiger partial charge in [0.25, 0.3) is 0 Å². The first-order chi connectivity index (χ1) is 5.26. The van der Waals surface area contributed by atoms with Gasteiger partial charge in [-0.15, -0.1) is 0 Å². The molecule has 1 amide bonds. The van der Waals surface area contributed by atoms with Gasteiger partial charge in [-0.05, 0) is 19.1 Å². The lowest BCUT2D eigenvalue weighted by Gasteiger charge is -2.11. The molecule has 0 radical (unpaired) electrons. The van der Waals surface area contributed by atoms with E-state index in [1.54, 1.807) is 0 Å². The molecule has 0 aliphatic carbocycles. The zero-order valence-corrected chi connectivity index (χ0v) is 8.50. The zero-order chi connectivity index (χ0) is 8.69. The minimum absolute atomic E-state index is 0.0239. The Balaban J connectivity index is 3.71. The molecule has 0 spiro atoms. The minimum atomic E-state index is 0.0239. The summed E-state index contributed by atoms with van der Waals surface area (Å²) in [5.41, 5.74) is 0. The summed E-state index contributed by atoms with van der Waals surface area (Å²) in [6.45, 7) is 2.60. The van der Waals surface area contributed by atoms with Crippen molar-refractivity contribution >= 4 is 31.2 Å². The first-order valence-electron chi connectivity index (χ1n) is 3.75. The maximum absolute atomic E-state index is 11.2. The molecule has 0 saturated heterocycles. The summed E-state index contributed by atoms with van der Waals surface area (Å²) in [6, 6.07) is 0. The molecular weight excluding hydrogens is 178 g/mol. The summed E-state index contributed by atoms with van der Waals surface area (Å²) >= 11 is 8.15.